The molecule has 3 aromatic rings. The van der Waals surface area contributed by atoms with Gasteiger partial charge in [0.2, 0.25) is 10.0 Å². The molecule has 0 amide bonds. The van der Waals surface area contributed by atoms with Gasteiger partial charge in [0, 0.05) is 10.2 Å². The van der Waals surface area contributed by atoms with Crippen molar-refractivity contribution in [1.82, 2.24) is 9.97 Å². The molecular weight excluding hydrogens is 450 g/mol. The van der Waals surface area contributed by atoms with Gasteiger partial charge in [0.25, 0.3) is 0 Å². The van der Waals surface area contributed by atoms with Crippen LogP contribution in [0.4, 0.5) is 0 Å². The Hall–Kier alpha value is -1.10. The summed E-state index contributed by atoms with van der Waals surface area (Å²) in [4.78, 5) is 7.39. The fourth-order valence-electron chi connectivity index (χ4n) is 2.23. The zero-order chi connectivity index (χ0) is 18.2. The third kappa shape index (κ3) is 4.36. The van der Waals surface area contributed by atoms with E-state index in [0.29, 0.717) is 10.7 Å². The Kier molecular flexibility index (Phi) is 5.42. The minimum atomic E-state index is -3.95. The van der Waals surface area contributed by atoms with Crippen LogP contribution in [0.5, 0.6) is 0 Å². The first-order valence-electron chi connectivity index (χ1n) is 7.02. The molecule has 10 heteroatoms. The fourth-order valence-corrected chi connectivity index (χ4v) is 4.52. The SMILES string of the molecule is NS(=O)(=O)c1cc(C(O)CSc2nc3ccc(Br)cc3[nH]2)ccc1Cl. The number of nitrogens with zero attached hydrogens (tertiary/aromatic N) is 1. The monoisotopic (exact) mass is 461 g/mol. The van der Waals surface area contributed by atoms with E-state index in [1.165, 1.54) is 23.9 Å². The van der Waals surface area contributed by atoms with E-state index in [9.17, 15) is 13.5 Å². The zero-order valence-electron chi connectivity index (χ0n) is 12.6. The Balaban J connectivity index is 1.76. The van der Waals surface area contributed by atoms with Crippen molar-refractivity contribution in [2.24, 2.45) is 5.14 Å². The van der Waals surface area contributed by atoms with E-state index in [4.69, 9.17) is 16.7 Å². The van der Waals surface area contributed by atoms with Crippen LogP contribution in [0, 0.1) is 0 Å². The molecule has 132 valence electrons. The highest BCUT2D eigenvalue weighted by Gasteiger charge is 2.17. The number of aliphatic hydroxyl groups is 1. The molecule has 25 heavy (non-hydrogen) atoms. The average molecular weight is 463 g/mol. The Bertz CT molecular complexity index is 1040. The van der Waals surface area contributed by atoms with Gasteiger partial charge in [-0.05, 0) is 35.9 Å². The summed E-state index contributed by atoms with van der Waals surface area (Å²) in [6.45, 7) is 0. The summed E-state index contributed by atoms with van der Waals surface area (Å²) < 4.78 is 24.0. The van der Waals surface area contributed by atoms with Crippen molar-refractivity contribution in [3.63, 3.8) is 0 Å². The third-order valence-corrected chi connectivity index (χ3v) is 6.28. The zero-order valence-corrected chi connectivity index (χ0v) is 16.6. The molecule has 0 radical (unpaired) electrons. The normalized spacial score (nSPS) is 13.3. The molecule has 1 aromatic heterocycles. The number of rotatable bonds is 5. The molecule has 0 fully saturated rings. The maximum atomic E-state index is 11.5. The first-order chi connectivity index (χ1) is 11.7. The molecule has 2 aromatic carbocycles. The highest BCUT2D eigenvalue weighted by atomic mass is 79.9. The molecule has 0 saturated heterocycles. The van der Waals surface area contributed by atoms with Gasteiger partial charge in [-0.25, -0.2) is 18.5 Å². The van der Waals surface area contributed by atoms with Crippen LogP contribution in [0.1, 0.15) is 11.7 Å². The fraction of sp³-hybridized carbons (Fsp3) is 0.133. The van der Waals surface area contributed by atoms with Crippen LogP contribution in [0.25, 0.3) is 11.0 Å². The summed E-state index contributed by atoms with van der Waals surface area (Å²) >= 11 is 10.6. The lowest BCUT2D eigenvalue weighted by Crippen LogP contribution is -2.13. The number of hydrogen-bond acceptors (Lipinski definition) is 5. The number of thioether (sulfide) groups is 1. The summed E-state index contributed by atoms with van der Waals surface area (Å²) in [6.07, 6.45) is -0.900. The van der Waals surface area contributed by atoms with E-state index in [-0.39, 0.29) is 15.7 Å². The number of nitrogens with two attached hydrogens (primary N) is 1. The average Bonchev–Trinajstić information content (AvgIpc) is 2.93. The number of nitrogens with one attached hydrogen (secondary N) is 1. The quantitative estimate of drug-likeness (QED) is 0.503. The third-order valence-electron chi connectivity index (χ3n) is 3.45. The molecule has 4 N–H and O–H groups in total. The van der Waals surface area contributed by atoms with E-state index < -0.39 is 16.1 Å². The number of hydrogen-bond donors (Lipinski definition) is 3. The lowest BCUT2D eigenvalue weighted by Gasteiger charge is -2.11. The molecule has 3 rings (SSSR count). The van der Waals surface area contributed by atoms with Crippen molar-refractivity contribution in [2.45, 2.75) is 16.2 Å². The molecule has 1 heterocycles. The first kappa shape index (κ1) is 18.7. The van der Waals surface area contributed by atoms with E-state index in [2.05, 4.69) is 25.9 Å². The minimum Gasteiger partial charge on any atom is -0.388 e. The topological polar surface area (TPSA) is 109 Å². The number of H-pyrrole nitrogens is 1. The lowest BCUT2D eigenvalue weighted by atomic mass is 10.1. The van der Waals surface area contributed by atoms with E-state index in [1.54, 1.807) is 6.07 Å². The Morgan fingerprint density at radius 1 is 1.32 bits per heavy atom. The molecular formula is C15H13BrClN3O3S2. The van der Waals surface area contributed by atoms with Crippen molar-refractivity contribution >= 4 is 60.3 Å². The largest absolute Gasteiger partial charge is 0.388 e. The standard InChI is InChI=1S/C15H13BrClN3O3S2/c16-9-2-4-11-12(6-9)20-15(19-11)24-7-13(21)8-1-3-10(17)14(5-8)25(18,22)23/h1-6,13,21H,7H2,(H,19,20)(H2,18,22,23). The van der Waals surface area contributed by atoms with Gasteiger partial charge in [-0.1, -0.05) is 45.4 Å². The molecule has 0 aliphatic carbocycles. The van der Waals surface area contributed by atoms with Crippen molar-refractivity contribution < 1.29 is 13.5 Å². The second kappa shape index (κ2) is 7.26. The number of fused-ring (bicyclic) bond motifs is 1. The van der Waals surface area contributed by atoms with Gasteiger partial charge in [0.1, 0.15) is 4.90 Å². The number of imidazole rings is 1. The second-order valence-electron chi connectivity index (χ2n) is 5.27. The van der Waals surface area contributed by atoms with Gasteiger partial charge in [0.05, 0.1) is 22.2 Å². The molecule has 0 saturated carbocycles. The van der Waals surface area contributed by atoms with Crippen LogP contribution in [0.15, 0.2) is 50.9 Å². The summed E-state index contributed by atoms with van der Waals surface area (Å²) in [5, 5.41) is 16.1. The van der Waals surface area contributed by atoms with Crippen LogP contribution in [-0.2, 0) is 10.0 Å². The van der Waals surface area contributed by atoms with Gasteiger partial charge in [-0.15, -0.1) is 0 Å². The maximum Gasteiger partial charge on any atom is 0.239 e. The number of sulfonamides is 1. The summed E-state index contributed by atoms with van der Waals surface area (Å²) in [6, 6.07) is 9.96. The predicted molar refractivity (Wildman–Crippen MR) is 102 cm³/mol. The van der Waals surface area contributed by atoms with Crippen LogP contribution < -0.4 is 5.14 Å². The van der Waals surface area contributed by atoms with Crippen LogP contribution in [0.2, 0.25) is 5.02 Å². The van der Waals surface area contributed by atoms with Crippen molar-refractivity contribution in [3.05, 3.63) is 51.5 Å². The second-order valence-corrected chi connectivity index (χ2v) is 9.13. The van der Waals surface area contributed by atoms with Gasteiger partial charge in [-0.3, -0.25) is 0 Å². The van der Waals surface area contributed by atoms with Crippen molar-refractivity contribution in [2.75, 3.05) is 5.75 Å². The van der Waals surface area contributed by atoms with Gasteiger partial charge in [0.15, 0.2) is 5.16 Å². The van der Waals surface area contributed by atoms with E-state index in [0.717, 1.165) is 15.5 Å². The highest BCUT2D eigenvalue weighted by Crippen LogP contribution is 2.29. The summed E-state index contributed by atoms with van der Waals surface area (Å²) in [7, 11) is -3.95. The van der Waals surface area contributed by atoms with Crippen LogP contribution >= 0.6 is 39.3 Å². The molecule has 0 spiro atoms. The van der Waals surface area contributed by atoms with Crippen molar-refractivity contribution in [3.8, 4) is 0 Å². The number of aromatic amines is 1. The highest BCUT2D eigenvalue weighted by molar-refractivity contribution is 9.10. The summed E-state index contributed by atoms with van der Waals surface area (Å²) in [5.74, 6) is 0.284. The van der Waals surface area contributed by atoms with Crippen LogP contribution in [0.3, 0.4) is 0 Å². The molecule has 0 aliphatic heterocycles. The number of halogens is 2. The van der Waals surface area contributed by atoms with Gasteiger partial charge < -0.3 is 10.1 Å². The molecule has 1 unspecified atom stereocenters. The van der Waals surface area contributed by atoms with E-state index in [1.807, 2.05) is 18.2 Å². The molecule has 6 nitrogen and oxygen atoms in total. The molecule has 0 bridgehead atoms. The minimum absolute atomic E-state index is 0.0222. The number of primary sulfonamides is 1. The molecule has 1 atom stereocenters. The van der Waals surface area contributed by atoms with Crippen molar-refractivity contribution in [1.29, 1.82) is 0 Å². The van der Waals surface area contributed by atoms with Gasteiger partial charge >= 0.3 is 0 Å². The smallest absolute Gasteiger partial charge is 0.239 e. The Morgan fingerprint density at radius 2 is 2.08 bits per heavy atom. The number of aromatic nitrogens is 2. The Labute approximate surface area is 162 Å². The predicted octanol–water partition coefficient (Wildman–Crippen LogP) is 3.45. The lowest BCUT2D eigenvalue weighted by molar-refractivity contribution is 0.204. The Morgan fingerprint density at radius 3 is 2.80 bits per heavy atom. The number of aliphatic hydroxyl groups excluding tert-OH is 1. The summed E-state index contributed by atoms with van der Waals surface area (Å²) in [5.41, 5.74) is 2.12. The van der Waals surface area contributed by atoms with Gasteiger partial charge in [-0.2, -0.15) is 0 Å². The van der Waals surface area contributed by atoms with Crippen LogP contribution in [-0.4, -0.2) is 29.2 Å². The molecule has 0 aliphatic rings. The number of benzene rings is 2. The van der Waals surface area contributed by atoms with E-state index >= 15 is 0 Å². The first-order valence-corrected chi connectivity index (χ1v) is 10.7. The maximum absolute atomic E-state index is 11.5.